The van der Waals surface area contributed by atoms with Gasteiger partial charge in [-0.1, -0.05) is 27.2 Å². The van der Waals surface area contributed by atoms with Gasteiger partial charge in [-0.05, 0) is 48.3 Å². The van der Waals surface area contributed by atoms with E-state index in [9.17, 15) is 9.90 Å². The maximum Gasteiger partial charge on any atom is 0.302 e. The first-order valence-corrected chi connectivity index (χ1v) is 8.13. The molecule has 0 radical (unpaired) electrons. The molecule has 3 nitrogen and oxygen atoms in total. The minimum atomic E-state index is -0.357. The van der Waals surface area contributed by atoms with Crippen LogP contribution in [0.25, 0.3) is 0 Å². The van der Waals surface area contributed by atoms with E-state index in [0.717, 1.165) is 0 Å². The molecule has 3 rings (SSSR count). The van der Waals surface area contributed by atoms with Crippen LogP contribution in [-0.2, 0) is 9.53 Å². The van der Waals surface area contributed by atoms with Gasteiger partial charge in [0.25, 0.3) is 0 Å². The summed E-state index contributed by atoms with van der Waals surface area (Å²) in [6, 6.07) is 0. The quantitative estimate of drug-likeness (QED) is 0.790. The Bertz CT molecular complexity index is 434. The molecule has 114 valence electrons. The van der Waals surface area contributed by atoms with Crippen molar-refractivity contribution in [3.63, 3.8) is 0 Å². The monoisotopic (exact) mass is 280 g/mol. The fourth-order valence-corrected chi connectivity index (χ4v) is 6.76. The lowest BCUT2D eigenvalue weighted by molar-refractivity contribution is -0.152. The molecule has 0 heterocycles. The number of aliphatic hydroxyl groups excluding tert-OH is 1. The van der Waals surface area contributed by atoms with Gasteiger partial charge < -0.3 is 9.84 Å². The number of hydrogen-bond acceptors (Lipinski definition) is 3. The molecule has 3 aliphatic carbocycles. The van der Waals surface area contributed by atoms with Gasteiger partial charge in [-0.15, -0.1) is 0 Å². The van der Waals surface area contributed by atoms with Gasteiger partial charge in [0.15, 0.2) is 0 Å². The Morgan fingerprint density at radius 2 is 2.00 bits per heavy atom. The minimum Gasteiger partial charge on any atom is -0.465 e. The van der Waals surface area contributed by atoms with Gasteiger partial charge in [0.1, 0.15) is 0 Å². The van der Waals surface area contributed by atoms with Crippen molar-refractivity contribution >= 4 is 5.97 Å². The second-order valence-electron chi connectivity index (χ2n) is 7.85. The second kappa shape index (κ2) is 4.22. The predicted molar refractivity (Wildman–Crippen MR) is 77.0 cm³/mol. The first-order chi connectivity index (χ1) is 9.32. The van der Waals surface area contributed by atoms with Crippen molar-refractivity contribution in [2.45, 2.75) is 65.9 Å². The van der Waals surface area contributed by atoms with Crippen LogP contribution in [0, 0.1) is 28.1 Å². The minimum absolute atomic E-state index is 0.174. The normalized spacial score (nSPS) is 53.8. The summed E-state index contributed by atoms with van der Waals surface area (Å²) in [5, 5.41) is 11.0. The fraction of sp³-hybridized carbons (Fsp3) is 0.941. The first kappa shape index (κ1) is 14.4. The molecular formula is C17H28O3. The predicted octanol–water partition coefficient (Wildman–Crippen LogP) is 3.15. The van der Waals surface area contributed by atoms with Crippen LogP contribution in [-0.4, -0.2) is 23.8 Å². The maximum atomic E-state index is 11.3. The van der Waals surface area contributed by atoms with Gasteiger partial charge in [0.05, 0.1) is 12.7 Å². The average molecular weight is 280 g/mol. The number of aliphatic hydroxyl groups is 1. The molecule has 0 saturated heterocycles. The number of carbonyl (C=O) groups is 1. The summed E-state index contributed by atoms with van der Waals surface area (Å²) in [5.41, 5.74) is 0.161. The van der Waals surface area contributed by atoms with Crippen LogP contribution in [0.5, 0.6) is 0 Å². The van der Waals surface area contributed by atoms with E-state index >= 15 is 0 Å². The Morgan fingerprint density at radius 3 is 2.65 bits per heavy atom. The van der Waals surface area contributed by atoms with Gasteiger partial charge in [-0.2, -0.15) is 0 Å². The van der Waals surface area contributed by atoms with E-state index in [0.29, 0.717) is 18.4 Å². The molecular weight excluding hydrogens is 252 g/mol. The third-order valence-corrected chi connectivity index (χ3v) is 7.58. The molecule has 0 spiro atoms. The topological polar surface area (TPSA) is 46.5 Å². The fourth-order valence-electron chi connectivity index (χ4n) is 6.76. The third kappa shape index (κ3) is 1.33. The zero-order chi connectivity index (χ0) is 14.8. The third-order valence-electron chi connectivity index (χ3n) is 7.58. The lowest BCUT2D eigenvalue weighted by Crippen LogP contribution is -2.47. The Hall–Kier alpha value is -0.570. The van der Waals surface area contributed by atoms with Crippen molar-refractivity contribution in [3.8, 4) is 0 Å². The molecule has 3 fully saturated rings. The number of rotatable bonds is 2. The standard InChI is InChI=1S/C17H28O3/c1-11-6-9-16-7-5-8-17(11,16)12(2)14(19)15(16,4)10-20-13(3)18/h11-12,14,19H,5-10H2,1-4H3/t11?,12?,14-,15-,16+,17-/m1/s1. The van der Waals surface area contributed by atoms with Crippen molar-refractivity contribution in [1.82, 2.24) is 0 Å². The maximum absolute atomic E-state index is 11.3. The molecule has 3 aliphatic rings. The van der Waals surface area contributed by atoms with Crippen LogP contribution < -0.4 is 0 Å². The number of esters is 1. The van der Waals surface area contributed by atoms with E-state index in [-0.39, 0.29) is 28.3 Å². The smallest absolute Gasteiger partial charge is 0.302 e. The summed E-state index contributed by atoms with van der Waals surface area (Å²) < 4.78 is 5.39. The number of carbonyl (C=O) groups excluding carboxylic acids is 1. The molecule has 6 atom stereocenters. The van der Waals surface area contributed by atoms with E-state index in [1.165, 1.54) is 39.0 Å². The summed E-state index contributed by atoms with van der Waals surface area (Å²) >= 11 is 0. The van der Waals surface area contributed by atoms with Gasteiger partial charge in [-0.25, -0.2) is 0 Å². The Morgan fingerprint density at radius 1 is 1.30 bits per heavy atom. The highest BCUT2D eigenvalue weighted by atomic mass is 16.5. The SMILES string of the molecule is CC(=O)OC[C@]1(C)[C@H](O)C(C)[C@]23CCC[C@@]21CCC3C. The molecule has 0 aliphatic heterocycles. The van der Waals surface area contributed by atoms with Gasteiger partial charge in [0, 0.05) is 12.3 Å². The summed E-state index contributed by atoms with van der Waals surface area (Å²) in [6.45, 7) is 8.61. The van der Waals surface area contributed by atoms with Crippen molar-refractivity contribution in [2.24, 2.45) is 28.1 Å². The highest BCUT2D eigenvalue weighted by molar-refractivity contribution is 5.66. The van der Waals surface area contributed by atoms with Crippen molar-refractivity contribution in [2.75, 3.05) is 6.61 Å². The summed E-state index contributed by atoms with van der Waals surface area (Å²) in [7, 11) is 0. The first-order valence-electron chi connectivity index (χ1n) is 8.13. The summed E-state index contributed by atoms with van der Waals surface area (Å²) in [5.74, 6) is 0.751. The van der Waals surface area contributed by atoms with E-state index < -0.39 is 0 Å². The van der Waals surface area contributed by atoms with Crippen LogP contribution in [0.4, 0.5) is 0 Å². The summed E-state index contributed by atoms with van der Waals surface area (Å²) in [4.78, 5) is 11.3. The van der Waals surface area contributed by atoms with E-state index in [4.69, 9.17) is 4.74 Å². The Balaban J connectivity index is 2.05. The van der Waals surface area contributed by atoms with Gasteiger partial charge >= 0.3 is 5.97 Å². The van der Waals surface area contributed by atoms with Crippen molar-refractivity contribution < 1.29 is 14.6 Å². The van der Waals surface area contributed by atoms with Crippen molar-refractivity contribution in [1.29, 1.82) is 0 Å². The molecule has 0 aromatic carbocycles. The summed E-state index contributed by atoms with van der Waals surface area (Å²) in [6.07, 6.45) is 5.78. The molecule has 3 heteroatoms. The highest BCUT2D eigenvalue weighted by Gasteiger charge is 2.77. The number of hydrogen-bond donors (Lipinski definition) is 1. The van der Waals surface area contributed by atoms with E-state index in [1.54, 1.807) is 0 Å². The lowest BCUT2D eigenvalue weighted by Gasteiger charge is -2.47. The van der Waals surface area contributed by atoms with Crippen LogP contribution in [0.2, 0.25) is 0 Å². The van der Waals surface area contributed by atoms with Crippen molar-refractivity contribution in [3.05, 3.63) is 0 Å². The Kier molecular flexibility index (Phi) is 3.03. The number of ether oxygens (including phenoxy) is 1. The zero-order valence-corrected chi connectivity index (χ0v) is 13.2. The van der Waals surface area contributed by atoms with Gasteiger partial charge in [0.2, 0.25) is 0 Å². The van der Waals surface area contributed by atoms with Crippen LogP contribution in [0.15, 0.2) is 0 Å². The molecule has 0 aromatic rings. The second-order valence-corrected chi connectivity index (χ2v) is 7.85. The van der Waals surface area contributed by atoms with Crippen LogP contribution >= 0.6 is 0 Å². The average Bonchev–Trinajstić information content (AvgIpc) is 2.96. The molecule has 1 N–H and O–H groups in total. The molecule has 2 unspecified atom stereocenters. The molecule has 0 aromatic heterocycles. The van der Waals surface area contributed by atoms with Crippen LogP contribution in [0.1, 0.15) is 59.8 Å². The van der Waals surface area contributed by atoms with Crippen LogP contribution in [0.3, 0.4) is 0 Å². The largest absolute Gasteiger partial charge is 0.465 e. The molecule has 20 heavy (non-hydrogen) atoms. The van der Waals surface area contributed by atoms with Gasteiger partial charge in [-0.3, -0.25) is 4.79 Å². The molecule has 0 amide bonds. The van der Waals surface area contributed by atoms with E-state index in [2.05, 4.69) is 20.8 Å². The zero-order valence-electron chi connectivity index (χ0n) is 13.2. The lowest BCUT2D eigenvalue weighted by atomic mass is 9.57. The molecule has 3 saturated carbocycles. The molecule has 0 bridgehead atoms. The van der Waals surface area contributed by atoms with E-state index in [1.807, 2.05) is 0 Å². The Labute approximate surface area is 122 Å². The highest BCUT2D eigenvalue weighted by Crippen LogP contribution is 2.80.